The van der Waals surface area contributed by atoms with Gasteiger partial charge in [-0.25, -0.2) is 0 Å². The smallest absolute Gasteiger partial charge is 0.129 e. The fourth-order valence-corrected chi connectivity index (χ4v) is 1.54. The number of aryl methyl sites for hydroxylation is 2. The molecule has 0 unspecified atom stereocenters. The van der Waals surface area contributed by atoms with Gasteiger partial charge in [0.15, 0.2) is 0 Å². The molecule has 0 spiro atoms. The standard InChI is InChI=1S/C10H12N4/c1-7-9(10(11)14(2)13-7)8-4-3-5-12-6-8/h3-6H,11H2,1-2H3. The summed E-state index contributed by atoms with van der Waals surface area (Å²) in [6.45, 7) is 1.94. The molecule has 0 atom stereocenters. The minimum atomic E-state index is 0.676. The molecule has 0 saturated carbocycles. The third-order valence-electron chi connectivity index (χ3n) is 2.22. The van der Waals surface area contributed by atoms with E-state index in [9.17, 15) is 0 Å². The summed E-state index contributed by atoms with van der Waals surface area (Å²) in [4.78, 5) is 4.06. The van der Waals surface area contributed by atoms with Crippen molar-refractivity contribution >= 4 is 5.82 Å². The Kier molecular flexibility index (Phi) is 1.96. The Morgan fingerprint density at radius 2 is 2.21 bits per heavy atom. The molecule has 0 aromatic carbocycles. The van der Waals surface area contributed by atoms with E-state index in [4.69, 9.17) is 5.73 Å². The van der Waals surface area contributed by atoms with E-state index in [2.05, 4.69) is 10.1 Å². The Hall–Kier alpha value is -1.84. The van der Waals surface area contributed by atoms with E-state index in [1.54, 1.807) is 17.1 Å². The first-order valence-corrected chi connectivity index (χ1v) is 4.39. The van der Waals surface area contributed by atoms with Crippen LogP contribution in [0.5, 0.6) is 0 Å². The van der Waals surface area contributed by atoms with E-state index in [0.717, 1.165) is 16.8 Å². The molecule has 4 heteroatoms. The van der Waals surface area contributed by atoms with Crippen LogP contribution in [0.1, 0.15) is 5.69 Å². The van der Waals surface area contributed by atoms with Gasteiger partial charge < -0.3 is 5.73 Å². The number of nitrogen functional groups attached to an aromatic ring is 1. The van der Waals surface area contributed by atoms with Crippen molar-refractivity contribution in [1.82, 2.24) is 14.8 Å². The minimum absolute atomic E-state index is 0.676. The monoisotopic (exact) mass is 188 g/mol. The summed E-state index contributed by atoms with van der Waals surface area (Å²) in [6, 6.07) is 3.87. The van der Waals surface area contributed by atoms with Crippen molar-refractivity contribution < 1.29 is 0 Å². The maximum absolute atomic E-state index is 5.91. The molecule has 0 radical (unpaired) electrons. The van der Waals surface area contributed by atoms with Crippen LogP contribution in [0.25, 0.3) is 11.1 Å². The van der Waals surface area contributed by atoms with Crippen LogP contribution in [0.2, 0.25) is 0 Å². The van der Waals surface area contributed by atoms with Crippen molar-refractivity contribution in [3.8, 4) is 11.1 Å². The normalized spacial score (nSPS) is 10.4. The van der Waals surface area contributed by atoms with Crippen molar-refractivity contribution in [3.63, 3.8) is 0 Å². The van der Waals surface area contributed by atoms with Crippen molar-refractivity contribution in [2.45, 2.75) is 6.92 Å². The third-order valence-corrected chi connectivity index (χ3v) is 2.22. The number of hydrogen-bond donors (Lipinski definition) is 1. The fourth-order valence-electron chi connectivity index (χ4n) is 1.54. The molecule has 2 rings (SSSR count). The molecule has 0 bridgehead atoms. The molecule has 2 aromatic heterocycles. The summed E-state index contributed by atoms with van der Waals surface area (Å²) in [5.41, 5.74) is 8.82. The summed E-state index contributed by atoms with van der Waals surface area (Å²) < 4.78 is 1.68. The van der Waals surface area contributed by atoms with Crippen molar-refractivity contribution in [1.29, 1.82) is 0 Å². The highest BCUT2D eigenvalue weighted by atomic mass is 15.3. The number of nitrogens with two attached hydrogens (primary N) is 1. The number of hydrogen-bond acceptors (Lipinski definition) is 3. The summed E-state index contributed by atoms with van der Waals surface area (Å²) in [5, 5.41) is 4.25. The van der Waals surface area contributed by atoms with Gasteiger partial charge in [-0.2, -0.15) is 5.10 Å². The van der Waals surface area contributed by atoms with Crippen molar-refractivity contribution in [2.75, 3.05) is 5.73 Å². The lowest BCUT2D eigenvalue weighted by Gasteiger charge is -2.00. The van der Waals surface area contributed by atoms with Gasteiger partial charge >= 0.3 is 0 Å². The highest BCUT2D eigenvalue weighted by molar-refractivity contribution is 5.75. The molecular formula is C10H12N4. The second kappa shape index (κ2) is 3.14. The summed E-state index contributed by atoms with van der Waals surface area (Å²) in [5.74, 6) is 0.676. The number of pyridine rings is 1. The van der Waals surface area contributed by atoms with Gasteiger partial charge in [0.2, 0.25) is 0 Å². The molecule has 0 aliphatic rings. The topological polar surface area (TPSA) is 56.7 Å². The minimum Gasteiger partial charge on any atom is -0.383 e. The van der Waals surface area contributed by atoms with E-state index in [0.29, 0.717) is 5.82 Å². The molecule has 4 nitrogen and oxygen atoms in total. The van der Waals surface area contributed by atoms with Crippen LogP contribution in [0.15, 0.2) is 24.5 Å². The largest absolute Gasteiger partial charge is 0.383 e. The Balaban J connectivity index is 2.62. The quantitative estimate of drug-likeness (QED) is 0.735. The lowest BCUT2D eigenvalue weighted by atomic mass is 10.1. The van der Waals surface area contributed by atoms with Crippen molar-refractivity contribution in [3.05, 3.63) is 30.2 Å². The van der Waals surface area contributed by atoms with Gasteiger partial charge in [-0.3, -0.25) is 9.67 Å². The second-order valence-corrected chi connectivity index (χ2v) is 3.21. The Bertz CT molecular complexity index is 445. The zero-order valence-electron chi connectivity index (χ0n) is 8.23. The molecule has 0 amide bonds. The number of rotatable bonds is 1. The number of nitrogens with zero attached hydrogens (tertiary/aromatic N) is 3. The lowest BCUT2D eigenvalue weighted by molar-refractivity contribution is 0.767. The van der Waals surface area contributed by atoms with Gasteiger partial charge in [0.05, 0.1) is 5.69 Å². The van der Waals surface area contributed by atoms with Crippen LogP contribution < -0.4 is 5.73 Å². The number of aromatic nitrogens is 3. The van der Waals surface area contributed by atoms with E-state index in [1.807, 2.05) is 26.1 Å². The van der Waals surface area contributed by atoms with E-state index >= 15 is 0 Å². The SMILES string of the molecule is Cc1nn(C)c(N)c1-c1cccnc1. The zero-order valence-corrected chi connectivity index (χ0v) is 8.23. The first-order valence-electron chi connectivity index (χ1n) is 4.39. The molecule has 2 aromatic rings. The zero-order chi connectivity index (χ0) is 10.1. The van der Waals surface area contributed by atoms with Crippen LogP contribution >= 0.6 is 0 Å². The van der Waals surface area contributed by atoms with Crippen LogP contribution in [-0.4, -0.2) is 14.8 Å². The molecule has 0 aliphatic heterocycles. The number of anilines is 1. The van der Waals surface area contributed by atoms with Gasteiger partial charge in [-0.15, -0.1) is 0 Å². The highest BCUT2D eigenvalue weighted by Crippen LogP contribution is 2.27. The molecular weight excluding hydrogens is 176 g/mol. The van der Waals surface area contributed by atoms with E-state index in [1.165, 1.54) is 0 Å². The molecule has 0 aliphatic carbocycles. The maximum Gasteiger partial charge on any atom is 0.129 e. The molecule has 2 heterocycles. The Labute approximate surface area is 82.4 Å². The molecule has 72 valence electrons. The average molecular weight is 188 g/mol. The Morgan fingerprint density at radius 1 is 1.43 bits per heavy atom. The highest BCUT2D eigenvalue weighted by Gasteiger charge is 2.11. The first-order chi connectivity index (χ1) is 6.70. The van der Waals surface area contributed by atoms with E-state index < -0.39 is 0 Å². The summed E-state index contributed by atoms with van der Waals surface area (Å²) in [7, 11) is 1.84. The fraction of sp³-hybridized carbons (Fsp3) is 0.200. The maximum atomic E-state index is 5.91. The predicted molar refractivity (Wildman–Crippen MR) is 55.6 cm³/mol. The molecule has 0 fully saturated rings. The summed E-state index contributed by atoms with van der Waals surface area (Å²) >= 11 is 0. The molecule has 14 heavy (non-hydrogen) atoms. The molecule has 2 N–H and O–H groups in total. The van der Waals surface area contributed by atoms with Crippen molar-refractivity contribution in [2.24, 2.45) is 7.05 Å². The first kappa shape index (κ1) is 8.74. The Morgan fingerprint density at radius 3 is 2.71 bits per heavy atom. The van der Waals surface area contributed by atoms with Gasteiger partial charge in [0, 0.05) is 30.6 Å². The van der Waals surface area contributed by atoms with Gasteiger partial charge in [-0.1, -0.05) is 6.07 Å². The van der Waals surface area contributed by atoms with Gasteiger partial charge in [0.25, 0.3) is 0 Å². The average Bonchev–Trinajstić information content (AvgIpc) is 2.43. The third kappa shape index (κ3) is 1.25. The second-order valence-electron chi connectivity index (χ2n) is 3.21. The van der Waals surface area contributed by atoms with Crippen LogP contribution in [0.3, 0.4) is 0 Å². The predicted octanol–water partition coefficient (Wildman–Crippen LogP) is 1.37. The van der Waals surface area contributed by atoms with Gasteiger partial charge in [0.1, 0.15) is 5.82 Å². The molecule has 0 saturated heterocycles. The summed E-state index contributed by atoms with van der Waals surface area (Å²) in [6.07, 6.45) is 3.53. The van der Waals surface area contributed by atoms with Crippen LogP contribution in [0, 0.1) is 6.92 Å². The van der Waals surface area contributed by atoms with Crippen LogP contribution in [-0.2, 0) is 7.05 Å². The lowest BCUT2D eigenvalue weighted by Crippen LogP contribution is -1.98. The van der Waals surface area contributed by atoms with Gasteiger partial charge in [-0.05, 0) is 13.0 Å². The van der Waals surface area contributed by atoms with Crippen LogP contribution in [0.4, 0.5) is 5.82 Å². The van der Waals surface area contributed by atoms with E-state index in [-0.39, 0.29) is 0 Å².